The lowest BCUT2D eigenvalue weighted by Gasteiger charge is -2.20. The van der Waals surface area contributed by atoms with E-state index in [1.165, 1.54) is 12.1 Å². The van der Waals surface area contributed by atoms with Crippen molar-refractivity contribution >= 4 is 17.3 Å². The summed E-state index contributed by atoms with van der Waals surface area (Å²) < 4.78 is 13.3. The van der Waals surface area contributed by atoms with Crippen molar-refractivity contribution in [2.24, 2.45) is 0 Å². The average molecular weight is 257 g/mol. The minimum absolute atomic E-state index is 0.238. The number of benzene rings is 2. The molecule has 0 aromatic heterocycles. The van der Waals surface area contributed by atoms with Gasteiger partial charge in [0.15, 0.2) is 0 Å². The van der Waals surface area contributed by atoms with Gasteiger partial charge in [-0.3, -0.25) is 0 Å². The molecule has 4 heteroatoms. The van der Waals surface area contributed by atoms with Gasteiger partial charge in [0.1, 0.15) is 5.82 Å². The van der Waals surface area contributed by atoms with E-state index < -0.39 is 5.97 Å². The van der Waals surface area contributed by atoms with E-state index in [9.17, 15) is 9.18 Å². The first-order chi connectivity index (χ1) is 9.15. The van der Waals surface area contributed by atoms with Crippen LogP contribution in [0.5, 0.6) is 0 Å². The summed E-state index contributed by atoms with van der Waals surface area (Å²) in [4.78, 5) is 12.9. The third kappa shape index (κ3) is 2.05. The molecule has 0 atom stereocenters. The first-order valence-corrected chi connectivity index (χ1v) is 6.04. The molecule has 3 nitrogen and oxygen atoms in total. The molecule has 0 saturated heterocycles. The maximum atomic E-state index is 13.3. The first-order valence-electron chi connectivity index (χ1n) is 6.04. The Morgan fingerprint density at radius 1 is 1.21 bits per heavy atom. The highest BCUT2D eigenvalue weighted by molar-refractivity contribution is 5.89. The number of carboxylic acid groups (broad SMARTS) is 1. The van der Waals surface area contributed by atoms with Gasteiger partial charge in [0.05, 0.1) is 5.56 Å². The van der Waals surface area contributed by atoms with Crippen LogP contribution in [0.3, 0.4) is 0 Å². The van der Waals surface area contributed by atoms with Crippen LogP contribution in [0.15, 0.2) is 42.5 Å². The van der Waals surface area contributed by atoms with Crippen molar-refractivity contribution in [3.63, 3.8) is 0 Å². The summed E-state index contributed by atoms with van der Waals surface area (Å²) in [5, 5.41) is 9.01. The van der Waals surface area contributed by atoms with Gasteiger partial charge in [0.25, 0.3) is 0 Å². The molecular weight excluding hydrogens is 245 g/mol. The van der Waals surface area contributed by atoms with Crippen LogP contribution in [0, 0.1) is 5.82 Å². The molecule has 19 heavy (non-hydrogen) atoms. The van der Waals surface area contributed by atoms with Crippen LogP contribution in [-0.4, -0.2) is 17.6 Å². The van der Waals surface area contributed by atoms with E-state index in [0.717, 1.165) is 29.9 Å². The summed E-state index contributed by atoms with van der Waals surface area (Å²) in [5.74, 6) is -1.24. The Kier molecular flexibility index (Phi) is 2.71. The number of anilines is 2. The van der Waals surface area contributed by atoms with E-state index in [1.807, 2.05) is 11.0 Å². The van der Waals surface area contributed by atoms with Gasteiger partial charge in [-0.2, -0.15) is 0 Å². The minimum atomic E-state index is -0.958. The van der Waals surface area contributed by atoms with Crippen molar-refractivity contribution < 1.29 is 14.3 Å². The fourth-order valence-corrected chi connectivity index (χ4v) is 2.43. The smallest absolute Gasteiger partial charge is 0.335 e. The lowest BCUT2D eigenvalue weighted by atomic mass is 10.1. The Morgan fingerprint density at radius 3 is 2.84 bits per heavy atom. The number of hydrogen-bond donors (Lipinski definition) is 1. The van der Waals surface area contributed by atoms with E-state index in [-0.39, 0.29) is 11.4 Å². The van der Waals surface area contributed by atoms with E-state index in [0.29, 0.717) is 0 Å². The second kappa shape index (κ2) is 4.39. The molecule has 3 rings (SSSR count). The molecule has 1 N–H and O–H groups in total. The number of aromatic carboxylic acids is 1. The molecule has 0 unspecified atom stereocenters. The van der Waals surface area contributed by atoms with Crippen LogP contribution in [-0.2, 0) is 6.42 Å². The number of nitrogens with zero attached hydrogens (tertiary/aromatic N) is 1. The fraction of sp³-hybridized carbons (Fsp3) is 0.133. The van der Waals surface area contributed by atoms with Crippen LogP contribution in [0.4, 0.5) is 15.8 Å². The quantitative estimate of drug-likeness (QED) is 0.898. The summed E-state index contributed by atoms with van der Waals surface area (Å²) in [6.07, 6.45) is 0.840. The van der Waals surface area contributed by atoms with Crippen molar-refractivity contribution in [1.29, 1.82) is 0 Å². The number of carbonyl (C=O) groups is 1. The summed E-state index contributed by atoms with van der Waals surface area (Å²) in [5.41, 5.74) is 2.93. The van der Waals surface area contributed by atoms with Crippen LogP contribution in [0.2, 0.25) is 0 Å². The molecule has 0 fully saturated rings. The normalized spacial score (nSPS) is 13.4. The monoisotopic (exact) mass is 257 g/mol. The molecule has 1 heterocycles. The Balaban J connectivity index is 2.04. The van der Waals surface area contributed by atoms with Gasteiger partial charge in [-0.15, -0.1) is 0 Å². The average Bonchev–Trinajstić information content (AvgIpc) is 2.81. The van der Waals surface area contributed by atoms with E-state index >= 15 is 0 Å². The Bertz CT molecular complexity index is 654. The van der Waals surface area contributed by atoms with Crippen LogP contribution >= 0.6 is 0 Å². The van der Waals surface area contributed by atoms with Crippen molar-refractivity contribution in [3.8, 4) is 0 Å². The number of carboxylic acids is 1. The van der Waals surface area contributed by atoms with Crippen LogP contribution < -0.4 is 4.90 Å². The molecular formula is C15H12FNO2. The highest BCUT2D eigenvalue weighted by Gasteiger charge is 2.21. The largest absolute Gasteiger partial charge is 0.478 e. The molecule has 0 spiro atoms. The highest BCUT2D eigenvalue weighted by atomic mass is 19.1. The Hall–Kier alpha value is -2.36. The molecule has 96 valence electrons. The van der Waals surface area contributed by atoms with Crippen molar-refractivity contribution in [2.45, 2.75) is 6.42 Å². The van der Waals surface area contributed by atoms with Gasteiger partial charge in [0, 0.05) is 17.9 Å². The molecule has 0 saturated carbocycles. The third-order valence-electron chi connectivity index (χ3n) is 3.35. The lowest BCUT2D eigenvalue weighted by molar-refractivity contribution is 0.0697. The second-order valence-electron chi connectivity index (χ2n) is 4.53. The molecule has 0 radical (unpaired) electrons. The van der Waals surface area contributed by atoms with Crippen molar-refractivity contribution in [2.75, 3.05) is 11.4 Å². The zero-order valence-electron chi connectivity index (χ0n) is 10.1. The van der Waals surface area contributed by atoms with Crippen LogP contribution in [0.25, 0.3) is 0 Å². The maximum Gasteiger partial charge on any atom is 0.335 e. The fourth-order valence-electron chi connectivity index (χ4n) is 2.43. The molecule has 1 aliphatic heterocycles. The second-order valence-corrected chi connectivity index (χ2v) is 4.53. The molecule has 2 aromatic carbocycles. The summed E-state index contributed by atoms with van der Waals surface area (Å²) in [7, 11) is 0. The molecule has 0 bridgehead atoms. The molecule has 0 amide bonds. The summed E-state index contributed by atoms with van der Waals surface area (Å²) >= 11 is 0. The van der Waals surface area contributed by atoms with E-state index in [1.54, 1.807) is 24.3 Å². The summed E-state index contributed by atoms with van der Waals surface area (Å²) in [6, 6.07) is 11.4. The van der Waals surface area contributed by atoms with Crippen molar-refractivity contribution in [3.05, 3.63) is 59.4 Å². The van der Waals surface area contributed by atoms with E-state index in [4.69, 9.17) is 5.11 Å². The third-order valence-corrected chi connectivity index (χ3v) is 3.35. The highest BCUT2D eigenvalue weighted by Crippen LogP contribution is 2.35. The molecule has 0 aliphatic carbocycles. The van der Waals surface area contributed by atoms with Gasteiger partial charge in [-0.1, -0.05) is 12.1 Å². The number of hydrogen-bond acceptors (Lipinski definition) is 2. The van der Waals surface area contributed by atoms with Gasteiger partial charge >= 0.3 is 5.97 Å². The zero-order valence-corrected chi connectivity index (χ0v) is 10.1. The predicted octanol–water partition coefficient (Wildman–Crippen LogP) is 3.22. The number of fused-ring (bicyclic) bond motifs is 1. The Morgan fingerprint density at radius 2 is 2.05 bits per heavy atom. The van der Waals surface area contributed by atoms with Gasteiger partial charge < -0.3 is 10.0 Å². The molecule has 2 aromatic rings. The van der Waals surface area contributed by atoms with E-state index in [2.05, 4.69) is 0 Å². The van der Waals surface area contributed by atoms with Gasteiger partial charge in [-0.05, 0) is 42.3 Å². The SMILES string of the molecule is O=C(O)c1cccc(N2CCc3ccc(F)cc32)c1. The standard InChI is InChI=1S/C15H12FNO2/c16-12-5-4-10-6-7-17(14(10)9-12)13-3-1-2-11(8-13)15(18)19/h1-5,8-9H,6-7H2,(H,18,19). The maximum absolute atomic E-state index is 13.3. The zero-order chi connectivity index (χ0) is 13.4. The van der Waals surface area contributed by atoms with Gasteiger partial charge in [-0.25, -0.2) is 9.18 Å². The van der Waals surface area contributed by atoms with Gasteiger partial charge in [0.2, 0.25) is 0 Å². The molecule has 1 aliphatic rings. The number of halogens is 1. The first kappa shape index (κ1) is 11.7. The van der Waals surface area contributed by atoms with Crippen molar-refractivity contribution in [1.82, 2.24) is 0 Å². The van der Waals surface area contributed by atoms with Crippen LogP contribution in [0.1, 0.15) is 15.9 Å². The summed E-state index contributed by atoms with van der Waals surface area (Å²) in [6.45, 7) is 0.738. The minimum Gasteiger partial charge on any atom is -0.478 e. The Labute approximate surface area is 109 Å². The predicted molar refractivity (Wildman–Crippen MR) is 70.5 cm³/mol. The lowest BCUT2D eigenvalue weighted by Crippen LogP contribution is -2.14. The topological polar surface area (TPSA) is 40.5 Å². The number of rotatable bonds is 2.